The third kappa shape index (κ3) is 3.10. The molecule has 4 rings (SSSR count). The summed E-state index contributed by atoms with van der Waals surface area (Å²) in [6, 6.07) is 12.6. The average molecular weight is 401 g/mol. The fourth-order valence-corrected chi connectivity index (χ4v) is 2.99. The van der Waals surface area contributed by atoms with Crippen LogP contribution < -0.4 is 20.3 Å². The molecule has 0 saturated carbocycles. The zero-order valence-electron chi connectivity index (χ0n) is 13.0. The van der Waals surface area contributed by atoms with E-state index in [1.165, 1.54) is 0 Å². The van der Waals surface area contributed by atoms with Crippen LogP contribution in [0.3, 0.4) is 0 Å². The SMILES string of the molecule is N=c1oc2ccc(Br)cc2cc1C(=O)NCc1ccc2c(c1)OCO2. The molecule has 6 nitrogen and oxygen atoms in total. The monoisotopic (exact) mass is 400 g/mol. The Balaban J connectivity index is 1.55. The van der Waals surface area contributed by atoms with Crippen LogP contribution in [0.15, 0.2) is 51.4 Å². The van der Waals surface area contributed by atoms with Crippen molar-refractivity contribution in [2.24, 2.45) is 0 Å². The second kappa shape index (κ2) is 6.25. The van der Waals surface area contributed by atoms with Crippen molar-refractivity contribution in [2.45, 2.75) is 6.54 Å². The summed E-state index contributed by atoms with van der Waals surface area (Å²) in [5.41, 5.74) is 1.45. The van der Waals surface area contributed by atoms with Gasteiger partial charge in [0.2, 0.25) is 12.3 Å². The summed E-state index contributed by atoms with van der Waals surface area (Å²) in [4.78, 5) is 12.4. The number of halogens is 1. The minimum absolute atomic E-state index is 0.169. The van der Waals surface area contributed by atoms with Gasteiger partial charge in [0.1, 0.15) is 11.1 Å². The van der Waals surface area contributed by atoms with Crippen molar-refractivity contribution in [3.8, 4) is 11.5 Å². The van der Waals surface area contributed by atoms with Gasteiger partial charge in [-0.15, -0.1) is 0 Å². The number of carbonyl (C=O) groups excluding carboxylic acids is 1. The molecule has 0 radical (unpaired) electrons. The quantitative estimate of drug-likeness (QED) is 0.705. The number of hydrogen-bond acceptors (Lipinski definition) is 5. The Labute approximate surface area is 151 Å². The second-order valence-corrected chi connectivity index (χ2v) is 6.46. The maximum atomic E-state index is 12.4. The lowest BCUT2D eigenvalue weighted by Gasteiger charge is -2.07. The van der Waals surface area contributed by atoms with Gasteiger partial charge in [-0.2, -0.15) is 0 Å². The van der Waals surface area contributed by atoms with Crippen LogP contribution in [-0.4, -0.2) is 12.7 Å². The highest BCUT2D eigenvalue weighted by molar-refractivity contribution is 9.10. The summed E-state index contributed by atoms with van der Waals surface area (Å²) in [7, 11) is 0. The minimum Gasteiger partial charge on any atom is -0.454 e. The largest absolute Gasteiger partial charge is 0.454 e. The van der Waals surface area contributed by atoms with Gasteiger partial charge in [-0.3, -0.25) is 10.2 Å². The van der Waals surface area contributed by atoms with E-state index in [-0.39, 0.29) is 23.8 Å². The first kappa shape index (κ1) is 15.7. The van der Waals surface area contributed by atoms with E-state index in [4.69, 9.17) is 19.3 Å². The molecule has 1 aliphatic heterocycles. The van der Waals surface area contributed by atoms with E-state index in [9.17, 15) is 4.79 Å². The molecule has 2 heterocycles. The van der Waals surface area contributed by atoms with E-state index in [2.05, 4.69) is 21.2 Å². The molecule has 0 atom stereocenters. The number of fused-ring (bicyclic) bond motifs is 2. The third-order valence-electron chi connectivity index (χ3n) is 3.86. The summed E-state index contributed by atoms with van der Waals surface area (Å²) < 4.78 is 16.9. The Kier molecular flexibility index (Phi) is 3.93. The van der Waals surface area contributed by atoms with Gasteiger partial charge in [0, 0.05) is 16.4 Å². The normalized spacial score (nSPS) is 12.4. The van der Waals surface area contributed by atoms with Crippen LogP contribution in [0.5, 0.6) is 11.5 Å². The first-order valence-electron chi connectivity index (χ1n) is 7.55. The van der Waals surface area contributed by atoms with Gasteiger partial charge in [-0.1, -0.05) is 22.0 Å². The van der Waals surface area contributed by atoms with Crippen LogP contribution in [0, 0.1) is 5.41 Å². The lowest BCUT2D eigenvalue weighted by molar-refractivity contribution is 0.0946. The van der Waals surface area contributed by atoms with Crippen molar-refractivity contribution in [1.29, 1.82) is 5.41 Å². The molecule has 126 valence electrons. The van der Waals surface area contributed by atoms with Crippen LogP contribution in [0.2, 0.25) is 0 Å². The van der Waals surface area contributed by atoms with Gasteiger partial charge >= 0.3 is 0 Å². The van der Waals surface area contributed by atoms with E-state index in [0.717, 1.165) is 15.4 Å². The molecule has 25 heavy (non-hydrogen) atoms. The molecule has 0 fully saturated rings. The predicted molar refractivity (Wildman–Crippen MR) is 93.5 cm³/mol. The Morgan fingerprint density at radius 2 is 1.96 bits per heavy atom. The number of hydrogen-bond donors (Lipinski definition) is 2. The maximum Gasteiger partial charge on any atom is 0.257 e. The number of nitrogens with one attached hydrogen (secondary N) is 2. The molecule has 1 aliphatic rings. The molecule has 0 spiro atoms. The molecule has 7 heteroatoms. The lowest BCUT2D eigenvalue weighted by Crippen LogP contribution is -2.27. The Bertz CT molecular complexity index is 1040. The van der Waals surface area contributed by atoms with Gasteiger partial charge in [0.25, 0.3) is 5.91 Å². The summed E-state index contributed by atoms with van der Waals surface area (Å²) in [5.74, 6) is 0.995. The number of ether oxygens (including phenoxy) is 2. The Hall–Kier alpha value is -2.80. The molecular formula is C18H13BrN2O4. The molecule has 0 unspecified atom stereocenters. The van der Waals surface area contributed by atoms with Crippen LogP contribution in [-0.2, 0) is 6.54 Å². The van der Waals surface area contributed by atoms with Crippen molar-refractivity contribution in [3.63, 3.8) is 0 Å². The Morgan fingerprint density at radius 3 is 2.84 bits per heavy atom. The molecule has 2 N–H and O–H groups in total. The molecule has 0 bridgehead atoms. The van der Waals surface area contributed by atoms with E-state index >= 15 is 0 Å². The van der Waals surface area contributed by atoms with Crippen molar-refractivity contribution in [2.75, 3.05) is 6.79 Å². The van der Waals surface area contributed by atoms with Gasteiger partial charge in [0.15, 0.2) is 11.5 Å². The summed E-state index contributed by atoms with van der Waals surface area (Å²) in [5, 5.41) is 11.5. The van der Waals surface area contributed by atoms with Gasteiger partial charge in [0.05, 0.1) is 0 Å². The first-order chi connectivity index (χ1) is 12.1. The Morgan fingerprint density at radius 1 is 1.12 bits per heavy atom. The third-order valence-corrected chi connectivity index (χ3v) is 4.36. The van der Waals surface area contributed by atoms with Crippen LogP contribution >= 0.6 is 15.9 Å². The molecular weight excluding hydrogens is 388 g/mol. The van der Waals surface area contributed by atoms with Gasteiger partial charge < -0.3 is 19.2 Å². The van der Waals surface area contributed by atoms with Crippen LogP contribution in [0.1, 0.15) is 15.9 Å². The maximum absolute atomic E-state index is 12.4. The standard InChI is InChI=1S/C18H13BrN2O4/c19-12-2-4-14-11(6-12)7-13(17(20)25-14)18(22)21-8-10-1-3-15-16(5-10)24-9-23-15/h1-7,20H,8-9H2,(H,21,22). The second-order valence-electron chi connectivity index (χ2n) is 5.54. The molecule has 0 saturated heterocycles. The van der Waals surface area contributed by atoms with E-state index in [0.29, 0.717) is 23.6 Å². The highest BCUT2D eigenvalue weighted by Crippen LogP contribution is 2.32. The summed E-state index contributed by atoms with van der Waals surface area (Å²) in [6.07, 6.45) is 0. The zero-order chi connectivity index (χ0) is 17.4. The topological polar surface area (TPSA) is 84.6 Å². The number of amides is 1. The molecule has 2 aromatic carbocycles. The fourth-order valence-electron chi connectivity index (χ4n) is 2.61. The van der Waals surface area contributed by atoms with Crippen molar-refractivity contribution in [3.05, 3.63) is 63.6 Å². The summed E-state index contributed by atoms with van der Waals surface area (Å²) in [6.45, 7) is 0.521. The molecule has 1 aromatic heterocycles. The molecule has 1 amide bonds. The zero-order valence-corrected chi connectivity index (χ0v) is 14.6. The number of benzene rings is 2. The van der Waals surface area contributed by atoms with Crippen LogP contribution in [0.25, 0.3) is 11.0 Å². The van der Waals surface area contributed by atoms with E-state index in [1.807, 2.05) is 30.3 Å². The predicted octanol–water partition coefficient (Wildman–Crippen LogP) is 3.33. The first-order valence-corrected chi connectivity index (χ1v) is 8.34. The minimum atomic E-state index is -0.367. The average Bonchev–Trinajstić information content (AvgIpc) is 3.07. The highest BCUT2D eigenvalue weighted by Gasteiger charge is 2.15. The van der Waals surface area contributed by atoms with Gasteiger partial charge in [-0.05, 0) is 42.0 Å². The van der Waals surface area contributed by atoms with E-state index in [1.54, 1.807) is 12.1 Å². The smallest absolute Gasteiger partial charge is 0.257 e. The summed E-state index contributed by atoms with van der Waals surface area (Å²) >= 11 is 3.39. The lowest BCUT2D eigenvalue weighted by atomic mass is 10.1. The number of rotatable bonds is 3. The van der Waals surface area contributed by atoms with Crippen molar-refractivity contribution < 1.29 is 18.7 Å². The van der Waals surface area contributed by atoms with Gasteiger partial charge in [-0.25, -0.2) is 0 Å². The molecule has 0 aliphatic carbocycles. The van der Waals surface area contributed by atoms with E-state index < -0.39 is 0 Å². The fraction of sp³-hybridized carbons (Fsp3) is 0.111. The van der Waals surface area contributed by atoms with Crippen molar-refractivity contribution in [1.82, 2.24) is 5.32 Å². The highest BCUT2D eigenvalue weighted by atomic mass is 79.9. The molecule has 3 aromatic rings. The van der Waals surface area contributed by atoms with Crippen molar-refractivity contribution >= 4 is 32.8 Å². The van der Waals surface area contributed by atoms with Crippen LogP contribution in [0.4, 0.5) is 0 Å². The number of carbonyl (C=O) groups is 1.